The van der Waals surface area contributed by atoms with Gasteiger partial charge in [0.25, 0.3) is 0 Å². The number of hydrogen-bond acceptors (Lipinski definition) is 6. The fraction of sp³-hybridized carbons (Fsp3) is 0.385. The molecular formula is C26H26Cl2F3N7O2. The van der Waals surface area contributed by atoms with Gasteiger partial charge in [0.15, 0.2) is 6.61 Å². The van der Waals surface area contributed by atoms with Crippen LogP contribution in [0.25, 0.3) is 0 Å². The number of benzene rings is 2. The van der Waals surface area contributed by atoms with E-state index in [0.717, 1.165) is 19.4 Å². The number of rotatable bonds is 7. The van der Waals surface area contributed by atoms with Crippen molar-refractivity contribution >= 4 is 46.5 Å². The fourth-order valence-corrected chi connectivity index (χ4v) is 4.85. The highest BCUT2D eigenvalue weighted by Gasteiger charge is 2.39. The summed E-state index contributed by atoms with van der Waals surface area (Å²) < 4.78 is 42.6. The van der Waals surface area contributed by atoms with E-state index in [1.54, 1.807) is 35.4 Å². The summed E-state index contributed by atoms with van der Waals surface area (Å²) >= 11 is 12.4. The molecule has 40 heavy (non-hydrogen) atoms. The molecule has 0 radical (unpaired) electrons. The number of halogens is 5. The summed E-state index contributed by atoms with van der Waals surface area (Å²) in [5, 5.41) is 22.4. The van der Waals surface area contributed by atoms with Gasteiger partial charge < -0.3 is 20.3 Å². The Morgan fingerprint density at radius 1 is 1.30 bits per heavy atom. The summed E-state index contributed by atoms with van der Waals surface area (Å²) in [6.45, 7) is 1.73. The van der Waals surface area contributed by atoms with E-state index in [4.69, 9.17) is 33.0 Å². The number of guanidine groups is 1. The number of aliphatic imine (C=N–C) groups is 1. The molecule has 14 heteroatoms. The molecule has 0 saturated carbocycles. The Morgan fingerprint density at radius 2 is 2.10 bits per heavy atom. The molecule has 212 valence electrons. The van der Waals surface area contributed by atoms with Gasteiger partial charge in [0.05, 0.1) is 34.4 Å². The third-order valence-corrected chi connectivity index (χ3v) is 7.10. The van der Waals surface area contributed by atoms with Gasteiger partial charge in [0, 0.05) is 23.9 Å². The lowest BCUT2D eigenvalue weighted by Crippen LogP contribution is -2.52. The second kappa shape index (κ2) is 12.8. The highest BCUT2D eigenvalue weighted by Crippen LogP contribution is 2.28. The maximum Gasteiger partial charge on any atom is 0.422 e. The summed E-state index contributed by atoms with van der Waals surface area (Å²) in [7, 11) is 0. The molecule has 0 aromatic heterocycles. The first-order valence-electron chi connectivity index (χ1n) is 12.5. The van der Waals surface area contributed by atoms with E-state index in [-0.39, 0.29) is 30.2 Å². The van der Waals surface area contributed by atoms with E-state index in [0.29, 0.717) is 33.6 Å². The molecule has 1 fully saturated rings. The van der Waals surface area contributed by atoms with Gasteiger partial charge in [0.1, 0.15) is 5.75 Å². The van der Waals surface area contributed by atoms with Crippen molar-refractivity contribution in [3.8, 4) is 11.9 Å². The number of anilines is 1. The average molecular weight is 596 g/mol. The normalized spacial score (nSPS) is 19.3. The van der Waals surface area contributed by atoms with Gasteiger partial charge in [-0.2, -0.15) is 23.5 Å². The van der Waals surface area contributed by atoms with E-state index in [9.17, 15) is 23.2 Å². The molecule has 2 aromatic rings. The van der Waals surface area contributed by atoms with Gasteiger partial charge in [-0.05, 0) is 50.6 Å². The van der Waals surface area contributed by atoms with E-state index >= 15 is 0 Å². The van der Waals surface area contributed by atoms with Crippen LogP contribution in [0.5, 0.6) is 5.75 Å². The molecule has 2 aliphatic heterocycles. The topological polar surface area (TPSA) is 105 Å². The summed E-state index contributed by atoms with van der Waals surface area (Å²) in [6, 6.07) is 10.0. The Hall–Kier alpha value is -3.53. The predicted octanol–water partition coefficient (Wildman–Crippen LogP) is 4.87. The van der Waals surface area contributed by atoms with Crippen LogP contribution >= 0.6 is 23.2 Å². The second-order valence-corrected chi connectivity index (χ2v) is 9.89. The SMILES string of the molecule is CCN(C(=O)[C@H]1CCCN1)C1CN(/C(=N\C#N)Nc2cccc(OCC(F)(F)F)c2)N=C1c1ccc(Cl)c(Cl)c1. The van der Waals surface area contributed by atoms with E-state index in [2.05, 4.69) is 15.6 Å². The smallest absolute Gasteiger partial charge is 0.422 e. The molecule has 0 bridgehead atoms. The molecule has 1 unspecified atom stereocenters. The molecule has 0 aliphatic carbocycles. The van der Waals surface area contributed by atoms with Crippen LogP contribution in [0.4, 0.5) is 18.9 Å². The van der Waals surface area contributed by atoms with Gasteiger partial charge in [-0.1, -0.05) is 35.3 Å². The minimum Gasteiger partial charge on any atom is -0.484 e. The third kappa shape index (κ3) is 7.15. The number of amides is 1. The van der Waals surface area contributed by atoms with Crippen LogP contribution in [0.15, 0.2) is 52.6 Å². The standard InChI is InChI=1S/C26H26Cl2F3N7O2/c1-2-37(24(39)21-7-4-10-33-21)22-13-38(36-23(22)16-8-9-19(27)20(28)11-16)25(34-15-32)35-17-5-3-6-18(12-17)40-14-26(29,30)31/h3,5-6,8-9,11-12,21-22,33H,2,4,7,10,13-14H2,1H3,(H,34,35)/t21-,22?/m1/s1. The Kier molecular flexibility index (Phi) is 9.40. The van der Waals surface area contributed by atoms with Crippen LogP contribution in [0.1, 0.15) is 25.3 Å². The van der Waals surface area contributed by atoms with E-state index in [1.807, 2.05) is 6.92 Å². The molecule has 2 aliphatic rings. The van der Waals surface area contributed by atoms with Crippen LogP contribution in [0, 0.1) is 11.5 Å². The lowest BCUT2D eigenvalue weighted by atomic mass is 10.0. The van der Waals surface area contributed by atoms with Crippen molar-refractivity contribution in [3.63, 3.8) is 0 Å². The quantitative estimate of drug-likeness (QED) is 0.269. The monoisotopic (exact) mass is 595 g/mol. The molecule has 9 nitrogen and oxygen atoms in total. The zero-order valence-corrected chi connectivity index (χ0v) is 22.9. The predicted molar refractivity (Wildman–Crippen MR) is 147 cm³/mol. The molecule has 2 atom stereocenters. The zero-order valence-electron chi connectivity index (χ0n) is 21.4. The number of carbonyl (C=O) groups excluding carboxylic acids is 1. The number of nitrogens with one attached hydrogen (secondary N) is 2. The average Bonchev–Trinajstić information content (AvgIpc) is 3.60. The number of carbonyl (C=O) groups is 1. The number of nitrogens with zero attached hydrogens (tertiary/aromatic N) is 5. The van der Waals surface area contributed by atoms with Crippen molar-refractivity contribution in [1.29, 1.82) is 5.26 Å². The van der Waals surface area contributed by atoms with Crippen molar-refractivity contribution in [2.75, 3.05) is 31.6 Å². The Bertz CT molecular complexity index is 1340. The number of hydrazone groups is 1. The van der Waals surface area contributed by atoms with Crippen molar-refractivity contribution < 1.29 is 22.7 Å². The molecule has 2 aromatic carbocycles. The number of nitriles is 1. The largest absolute Gasteiger partial charge is 0.484 e. The second-order valence-electron chi connectivity index (χ2n) is 9.08. The molecule has 2 heterocycles. The highest BCUT2D eigenvalue weighted by atomic mass is 35.5. The Morgan fingerprint density at radius 3 is 2.75 bits per heavy atom. The molecule has 2 N–H and O–H groups in total. The lowest BCUT2D eigenvalue weighted by Gasteiger charge is -2.31. The first kappa shape index (κ1) is 29.5. The number of alkyl halides is 3. The van der Waals surface area contributed by atoms with Crippen LogP contribution in [0.2, 0.25) is 10.0 Å². The Labute approximate surface area is 239 Å². The minimum atomic E-state index is -4.49. The summed E-state index contributed by atoms with van der Waals surface area (Å²) in [4.78, 5) is 19.1. The maximum atomic E-state index is 13.5. The van der Waals surface area contributed by atoms with Crippen LogP contribution in [0.3, 0.4) is 0 Å². The van der Waals surface area contributed by atoms with Crippen molar-refractivity contribution in [2.24, 2.45) is 10.1 Å². The molecule has 1 saturated heterocycles. The Balaban J connectivity index is 1.65. The van der Waals surface area contributed by atoms with Crippen LogP contribution in [-0.4, -0.2) is 72.0 Å². The molecule has 0 spiro atoms. The van der Waals surface area contributed by atoms with Gasteiger partial charge in [-0.3, -0.25) is 4.79 Å². The number of likely N-dealkylation sites (N-methyl/N-ethyl adjacent to an activating group) is 1. The number of ether oxygens (including phenoxy) is 1. The highest BCUT2D eigenvalue weighted by molar-refractivity contribution is 6.42. The maximum absolute atomic E-state index is 13.5. The molecule has 1 amide bonds. The zero-order chi connectivity index (χ0) is 28.9. The first-order valence-corrected chi connectivity index (χ1v) is 13.2. The summed E-state index contributed by atoms with van der Waals surface area (Å²) in [6.07, 6.45) is -1.15. The van der Waals surface area contributed by atoms with E-state index < -0.39 is 18.8 Å². The fourth-order valence-electron chi connectivity index (χ4n) is 4.55. The van der Waals surface area contributed by atoms with Crippen molar-refractivity contribution in [1.82, 2.24) is 15.2 Å². The third-order valence-electron chi connectivity index (χ3n) is 6.36. The van der Waals surface area contributed by atoms with Crippen molar-refractivity contribution in [2.45, 2.75) is 38.0 Å². The van der Waals surface area contributed by atoms with Gasteiger partial charge in [0.2, 0.25) is 18.1 Å². The van der Waals surface area contributed by atoms with Gasteiger partial charge >= 0.3 is 6.18 Å². The minimum absolute atomic E-state index is 0.0121. The molecule has 4 rings (SSSR count). The van der Waals surface area contributed by atoms with Crippen molar-refractivity contribution in [3.05, 3.63) is 58.1 Å². The number of hydrogen-bond donors (Lipinski definition) is 2. The van der Waals surface area contributed by atoms with Crippen LogP contribution < -0.4 is 15.4 Å². The van der Waals surface area contributed by atoms with E-state index in [1.165, 1.54) is 23.2 Å². The molecular weight excluding hydrogens is 570 g/mol. The van der Waals surface area contributed by atoms with Crippen LogP contribution in [-0.2, 0) is 4.79 Å². The summed E-state index contributed by atoms with van der Waals surface area (Å²) in [5.41, 5.74) is 1.47. The lowest BCUT2D eigenvalue weighted by molar-refractivity contribution is -0.153. The van der Waals surface area contributed by atoms with Gasteiger partial charge in [-0.15, -0.1) is 4.99 Å². The van der Waals surface area contributed by atoms with Gasteiger partial charge in [-0.25, -0.2) is 5.01 Å². The first-order chi connectivity index (χ1) is 19.1. The summed E-state index contributed by atoms with van der Waals surface area (Å²) in [5.74, 6) is -0.0800.